The molecule has 10 heavy (non-hydrogen) atoms. The summed E-state index contributed by atoms with van der Waals surface area (Å²) in [5.74, 6) is 0. The Bertz CT molecular complexity index is 90.9. The van der Waals surface area contributed by atoms with Crippen LogP contribution >= 0.6 is 0 Å². The highest BCUT2D eigenvalue weighted by Crippen LogP contribution is 1.78. The van der Waals surface area contributed by atoms with Crippen molar-refractivity contribution in [2.75, 3.05) is 13.6 Å². The summed E-state index contributed by atoms with van der Waals surface area (Å²) in [6.45, 7) is 5.07. The highest BCUT2D eigenvalue weighted by Gasteiger charge is 1.95. The normalized spacial score (nSPS) is 14.3. The van der Waals surface area contributed by atoms with E-state index in [-0.39, 0.29) is 6.29 Å². The molecule has 0 heterocycles. The summed E-state index contributed by atoms with van der Waals surface area (Å²) in [5, 5.41) is 6.19. The van der Waals surface area contributed by atoms with Crippen LogP contribution in [0.15, 0.2) is 4.99 Å². The van der Waals surface area contributed by atoms with Crippen LogP contribution < -0.4 is 10.6 Å². The third-order valence-electron chi connectivity index (χ3n) is 1.11. The van der Waals surface area contributed by atoms with Gasteiger partial charge in [0.05, 0.1) is 0 Å². The molecule has 0 aromatic carbocycles. The molecule has 0 aromatic heterocycles. The van der Waals surface area contributed by atoms with E-state index in [0.29, 0.717) is 0 Å². The van der Waals surface area contributed by atoms with Gasteiger partial charge in [-0.05, 0) is 20.0 Å². The summed E-state index contributed by atoms with van der Waals surface area (Å²) in [6.07, 6.45) is 2.98. The van der Waals surface area contributed by atoms with Crippen LogP contribution in [0.2, 0.25) is 0 Å². The van der Waals surface area contributed by atoms with Crippen molar-refractivity contribution >= 4 is 6.21 Å². The van der Waals surface area contributed by atoms with Gasteiger partial charge in [-0.25, -0.2) is 0 Å². The molecule has 0 spiro atoms. The molecule has 60 valence electrons. The summed E-state index contributed by atoms with van der Waals surface area (Å²) < 4.78 is 0. The van der Waals surface area contributed by atoms with Crippen LogP contribution in [-0.2, 0) is 0 Å². The van der Waals surface area contributed by atoms with Crippen LogP contribution in [0, 0.1) is 0 Å². The van der Waals surface area contributed by atoms with Crippen molar-refractivity contribution in [2.24, 2.45) is 4.99 Å². The lowest BCUT2D eigenvalue weighted by Crippen LogP contribution is -2.38. The molecular formula is C7H17N3. The zero-order valence-corrected chi connectivity index (χ0v) is 7.02. The minimum atomic E-state index is 0.0879. The first-order valence-electron chi connectivity index (χ1n) is 3.77. The van der Waals surface area contributed by atoms with Gasteiger partial charge in [0.15, 0.2) is 6.29 Å². The minimum absolute atomic E-state index is 0.0879. The summed E-state index contributed by atoms with van der Waals surface area (Å²) in [5.41, 5.74) is 0. The number of rotatable bonds is 5. The van der Waals surface area contributed by atoms with Gasteiger partial charge in [0.1, 0.15) is 0 Å². The quantitative estimate of drug-likeness (QED) is 0.436. The maximum atomic E-state index is 4.20. The van der Waals surface area contributed by atoms with Crippen molar-refractivity contribution in [3.05, 3.63) is 0 Å². The number of hydrogen-bond acceptors (Lipinski definition) is 3. The average Bonchev–Trinajstić information content (AvgIpc) is 1.98. The SMILES string of the molecule is CCC=NC(NC)NCC. The molecule has 2 N–H and O–H groups in total. The summed E-state index contributed by atoms with van der Waals surface area (Å²) in [6, 6.07) is 0. The topological polar surface area (TPSA) is 36.4 Å². The van der Waals surface area contributed by atoms with Crippen LogP contribution in [0.4, 0.5) is 0 Å². The fourth-order valence-electron chi connectivity index (χ4n) is 0.633. The Kier molecular flexibility index (Phi) is 6.43. The fourth-order valence-corrected chi connectivity index (χ4v) is 0.633. The van der Waals surface area contributed by atoms with Gasteiger partial charge in [0.2, 0.25) is 0 Å². The molecule has 0 aromatic rings. The van der Waals surface area contributed by atoms with Gasteiger partial charge >= 0.3 is 0 Å². The maximum absolute atomic E-state index is 4.20. The van der Waals surface area contributed by atoms with E-state index in [1.54, 1.807) is 0 Å². The highest BCUT2D eigenvalue weighted by atomic mass is 15.2. The van der Waals surface area contributed by atoms with Gasteiger partial charge in [-0.3, -0.25) is 15.6 Å². The molecule has 1 atom stereocenters. The van der Waals surface area contributed by atoms with E-state index in [9.17, 15) is 0 Å². The average molecular weight is 143 g/mol. The highest BCUT2D eigenvalue weighted by molar-refractivity contribution is 5.56. The van der Waals surface area contributed by atoms with E-state index in [4.69, 9.17) is 0 Å². The van der Waals surface area contributed by atoms with Crippen molar-refractivity contribution < 1.29 is 0 Å². The molecular weight excluding hydrogens is 126 g/mol. The molecule has 3 heteroatoms. The van der Waals surface area contributed by atoms with Crippen LogP contribution in [0.3, 0.4) is 0 Å². The lowest BCUT2D eigenvalue weighted by atomic mass is 10.5. The standard InChI is InChI=1S/C7H17N3/c1-4-6-10-7(8-3)9-5-2/h6-9H,4-5H2,1-3H3. The van der Waals surface area contributed by atoms with Crippen LogP contribution in [0.5, 0.6) is 0 Å². The maximum Gasteiger partial charge on any atom is 0.152 e. The molecule has 0 amide bonds. The van der Waals surface area contributed by atoms with Crippen LogP contribution in [0.25, 0.3) is 0 Å². The van der Waals surface area contributed by atoms with Gasteiger partial charge in [-0.15, -0.1) is 0 Å². The van der Waals surface area contributed by atoms with Crippen molar-refractivity contribution in [2.45, 2.75) is 26.6 Å². The van der Waals surface area contributed by atoms with Gasteiger partial charge < -0.3 is 0 Å². The molecule has 0 aliphatic rings. The Morgan fingerprint density at radius 1 is 1.50 bits per heavy atom. The van der Waals surface area contributed by atoms with E-state index in [1.807, 2.05) is 13.3 Å². The first kappa shape index (κ1) is 9.59. The van der Waals surface area contributed by atoms with Crippen LogP contribution in [0.1, 0.15) is 20.3 Å². The Morgan fingerprint density at radius 3 is 2.60 bits per heavy atom. The molecule has 0 radical (unpaired) electrons. The number of aliphatic imine (C=N–C) groups is 1. The molecule has 0 fully saturated rings. The van der Waals surface area contributed by atoms with Gasteiger partial charge in [0.25, 0.3) is 0 Å². The van der Waals surface area contributed by atoms with Crippen molar-refractivity contribution in [3.63, 3.8) is 0 Å². The molecule has 1 unspecified atom stereocenters. The monoisotopic (exact) mass is 143 g/mol. The molecule has 0 bridgehead atoms. The predicted octanol–water partition coefficient (Wildman–Crippen LogP) is 0.580. The van der Waals surface area contributed by atoms with E-state index < -0.39 is 0 Å². The molecule has 3 nitrogen and oxygen atoms in total. The second-order valence-corrected chi connectivity index (χ2v) is 1.99. The lowest BCUT2D eigenvalue weighted by Gasteiger charge is -2.10. The first-order valence-corrected chi connectivity index (χ1v) is 3.77. The molecule has 0 aliphatic carbocycles. The van der Waals surface area contributed by atoms with E-state index in [1.165, 1.54) is 0 Å². The predicted molar refractivity (Wildman–Crippen MR) is 45.3 cm³/mol. The van der Waals surface area contributed by atoms with Crippen LogP contribution in [-0.4, -0.2) is 26.1 Å². The van der Waals surface area contributed by atoms with Gasteiger partial charge in [-0.2, -0.15) is 0 Å². The number of nitrogens with one attached hydrogen (secondary N) is 2. The number of nitrogens with zero attached hydrogens (tertiary/aromatic N) is 1. The molecule has 0 saturated carbocycles. The Labute approximate surface area is 62.9 Å². The second kappa shape index (κ2) is 6.71. The minimum Gasteiger partial charge on any atom is -0.286 e. The van der Waals surface area contributed by atoms with E-state index in [2.05, 4.69) is 29.5 Å². The summed E-state index contributed by atoms with van der Waals surface area (Å²) >= 11 is 0. The first-order chi connectivity index (χ1) is 4.85. The molecule has 0 saturated heterocycles. The van der Waals surface area contributed by atoms with E-state index >= 15 is 0 Å². The zero-order chi connectivity index (χ0) is 7.82. The Balaban J connectivity index is 3.48. The number of hydrogen-bond donors (Lipinski definition) is 2. The van der Waals surface area contributed by atoms with Crippen molar-refractivity contribution in [1.29, 1.82) is 0 Å². The Hall–Kier alpha value is -0.410. The zero-order valence-electron chi connectivity index (χ0n) is 7.02. The third kappa shape index (κ3) is 4.47. The van der Waals surface area contributed by atoms with Crippen molar-refractivity contribution in [3.8, 4) is 0 Å². The Morgan fingerprint density at radius 2 is 2.20 bits per heavy atom. The lowest BCUT2D eigenvalue weighted by molar-refractivity contribution is 0.487. The summed E-state index contributed by atoms with van der Waals surface area (Å²) in [4.78, 5) is 4.20. The van der Waals surface area contributed by atoms with Crippen molar-refractivity contribution in [1.82, 2.24) is 10.6 Å². The smallest absolute Gasteiger partial charge is 0.152 e. The van der Waals surface area contributed by atoms with E-state index in [0.717, 1.165) is 13.0 Å². The van der Waals surface area contributed by atoms with Gasteiger partial charge in [0, 0.05) is 6.21 Å². The van der Waals surface area contributed by atoms with Gasteiger partial charge in [-0.1, -0.05) is 13.8 Å². The molecule has 0 aliphatic heterocycles. The summed E-state index contributed by atoms with van der Waals surface area (Å²) in [7, 11) is 1.89. The fraction of sp³-hybridized carbons (Fsp3) is 0.857. The second-order valence-electron chi connectivity index (χ2n) is 1.99. The molecule has 0 rings (SSSR count). The third-order valence-corrected chi connectivity index (χ3v) is 1.11. The largest absolute Gasteiger partial charge is 0.286 e.